The fourth-order valence-corrected chi connectivity index (χ4v) is 12.4. The molecule has 1 unspecified atom stereocenters. The number of benzene rings is 10. The molecule has 1 N–H and O–H groups in total. The summed E-state index contributed by atoms with van der Waals surface area (Å²) in [5.74, 6) is 0. The van der Waals surface area contributed by atoms with Crippen LogP contribution in [0.15, 0.2) is 224 Å². The molecule has 0 radical (unpaired) electrons. The number of aromatic nitrogens is 1. The molecule has 14 rings (SSSR count). The summed E-state index contributed by atoms with van der Waals surface area (Å²) < 4.78 is 2.51. The van der Waals surface area contributed by atoms with Crippen molar-refractivity contribution in [3.05, 3.63) is 284 Å². The van der Waals surface area contributed by atoms with Crippen LogP contribution in [-0.4, -0.2) is 4.57 Å². The predicted molar refractivity (Wildman–Crippen MR) is 283 cm³/mol. The third kappa shape index (κ3) is 5.40. The zero-order valence-electron chi connectivity index (χ0n) is 38.0. The molecule has 11 aromatic rings. The molecule has 2 aliphatic carbocycles. The molecule has 0 bridgehead atoms. The number of rotatable bonds is 4. The molecule has 1 spiro atoms. The van der Waals surface area contributed by atoms with Crippen LogP contribution in [0.4, 0.5) is 5.69 Å². The number of para-hydroxylation sites is 3. The van der Waals surface area contributed by atoms with Crippen LogP contribution in [0, 0.1) is 10.4 Å². The first-order valence-electron chi connectivity index (χ1n) is 23.8. The molecule has 0 amide bonds. The van der Waals surface area contributed by atoms with E-state index in [9.17, 15) is 0 Å². The van der Waals surface area contributed by atoms with Crippen LogP contribution >= 0.6 is 0 Å². The van der Waals surface area contributed by atoms with E-state index in [0.29, 0.717) is 0 Å². The lowest BCUT2D eigenvalue weighted by Crippen LogP contribution is -2.33. The molecule has 10 aromatic carbocycles. The van der Waals surface area contributed by atoms with E-state index in [1.807, 2.05) is 0 Å². The second kappa shape index (κ2) is 14.5. The van der Waals surface area contributed by atoms with Gasteiger partial charge in [0.1, 0.15) is 0 Å². The van der Waals surface area contributed by atoms with E-state index in [0.717, 1.165) is 10.9 Å². The van der Waals surface area contributed by atoms with Crippen molar-refractivity contribution < 1.29 is 0 Å². The maximum atomic E-state index is 3.67. The Bertz CT molecular complexity index is 4150. The summed E-state index contributed by atoms with van der Waals surface area (Å²) in [6, 6.07) is 83.3. The Kier molecular flexibility index (Phi) is 8.28. The lowest BCUT2D eigenvalue weighted by molar-refractivity contribution is 0.660. The van der Waals surface area contributed by atoms with Gasteiger partial charge in [-0.2, -0.15) is 0 Å². The molecular weight excluding hydrogens is 821 g/mol. The highest BCUT2D eigenvalue weighted by Gasteiger charge is 2.50. The number of fused-ring (bicyclic) bond motifs is 15. The highest BCUT2D eigenvalue weighted by molar-refractivity contribution is 6.13. The number of nitrogens with one attached hydrogen (secondary N) is 1. The monoisotopic (exact) mass is 866 g/mol. The second-order valence-electron chi connectivity index (χ2n) is 19.3. The fraction of sp³-hybridized carbons (Fsp3) is 0.0606. The van der Waals surface area contributed by atoms with E-state index < -0.39 is 5.41 Å². The van der Waals surface area contributed by atoms with E-state index in [-0.39, 0.29) is 5.41 Å². The van der Waals surface area contributed by atoms with Crippen molar-refractivity contribution in [2.75, 3.05) is 5.32 Å². The van der Waals surface area contributed by atoms with Crippen molar-refractivity contribution >= 4 is 39.8 Å². The van der Waals surface area contributed by atoms with Gasteiger partial charge in [0.15, 0.2) is 0 Å². The molecule has 0 saturated heterocycles. The Balaban J connectivity index is 0.847. The van der Waals surface area contributed by atoms with Crippen LogP contribution < -0.4 is 15.8 Å². The quantitative estimate of drug-likeness (QED) is 0.186. The summed E-state index contributed by atoms with van der Waals surface area (Å²) in [4.78, 5) is 0. The van der Waals surface area contributed by atoms with Crippen molar-refractivity contribution in [1.82, 2.24) is 4.57 Å². The minimum atomic E-state index is -0.479. The number of anilines is 1. The molecule has 1 atom stereocenters. The first-order chi connectivity index (χ1) is 33.5. The van der Waals surface area contributed by atoms with E-state index >= 15 is 0 Å². The molecule has 2 heterocycles. The predicted octanol–water partition coefficient (Wildman–Crippen LogP) is 14.4. The van der Waals surface area contributed by atoms with Crippen molar-refractivity contribution in [2.24, 2.45) is 0 Å². The molecule has 0 saturated carbocycles. The van der Waals surface area contributed by atoms with E-state index in [4.69, 9.17) is 0 Å². The highest BCUT2D eigenvalue weighted by Crippen LogP contribution is 2.61. The standard InChI is InChI=1S/C66H46N2/c1-65(2)56-24-10-7-20-50(56)52-36-30-42(39-60(52)65)38-45-16-3-5-18-48(45)49-19-6-4-17-46(49)41-67-47-34-31-43(32-35-47)44-33-37-53-51-21-8-11-25-57(51)66(61(53)40-44)58-26-12-14-29-63(58)68-62-28-13-9-22-54(62)55-23-15-27-59(66)64(55)68/h3-41,67H,1-2H3/b45-38-,46-41+,49-48-. The van der Waals surface area contributed by atoms with Gasteiger partial charge >= 0.3 is 0 Å². The lowest BCUT2D eigenvalue weighted by atomic mass is 9.65. The van der Waals surface area contributed by atoms with Gasteiger partial charge in [-0.15, -0.1) is 0 Å². The molecule has 1 aromatic heterocycles. The van der Waals surface area contributed by atoms with Crippen LogP contribution in [0.3, 0.4) is 0 Å². The SMILES string of the molecule is CC1(C)c2ccccc2-c2ccc(/C=c3/cccc/c3=c3\cccc\c3=C/Nc3ccc(-c4ccc5c(c4)C4(c6ccccc6-5)c5ccccc5-n5c6ccccc6c6cccc4c65)cc3)cc21. The summed E-state index contributed by atoms with van der Waals surface area (Å²) >= 11 is 0. The topological polar surface area (TPSA) is 17.0 Å². The Hall–Kier alpha value is -8.46. The maximum Gasteiger partial charge on any atom is 0.0754 e. The fourth-order valence-electron chi connectivity index (χ4n) is 12.4. The molecule has 2 heteroatoms. The maximum absolute atomic E-state index is 3.67. The molecule has 0 fully saturated rings. The van der Waals surface area contributed by atoms with Gasteiger partial charge in [-0.25, -0.2) is 0 Å². The van der Waals surface area contributed by atoms with Crippen molar-refractivity contribution in [1.29, 1.82) is 0 Å². The smallest absolute Gasteiger partial charge is 0.0754 e. The van der Waals surface area contributed by atoms with E-state index in [1.54, 1.807) is 0 Å². The van der Waals surface area contributed by atoms with Crippen LogP contribution in [-0.2, 0) is 10.8 Å². The Morgan fingerprint density at radius 2 is 1.00 bits per heavy atom. The molecule has 320 valence electrons. The zero-order valence-corrected chi connectivity index (χ0v) is 38.0. The lowest BCUT2D eigenvalue weighted by Gasteiger charge is -2.39. The second-order valence-corrected chi connectivity index (χ2v) is 19.3. The zero-order chi connectivity index (χ0) is 45.1. The third-order valence-corrected chi connectivity index (χ3v) is 15.4. The summed E-state index contributed by atoms with van der Waals surface area (Å²) in [6.07, 6.45) is 4.48. The van der Waals surface area contributed by atoms with Gasteiger partial charge in [0, 0.05) is 28.1 Å². The third-order valence-electron chi connectivity index (χ3n) is 15.4. The summed E-state index contributed by atoms with van der Waals surface area (Å²) in [6.45, 7) is 4.69. The molecular formula is C66H46N2. The molecule has 2 nitrogen and oxygen atoms in total. The summed E-state index contributed by atoms with van der Waals surface area (Å²) in [5, 5.41) is 11.0. The molecule has 3 aliphatic rings. The van der Waals surface area contributed by atoms with E-state index in [2.05, 4.69) is 260 Å². The Morgan fingerprint density at radius 3 is 1.84 bits per heavy atom. The average molecular weight is 867 g/mol. The van der Waals surface area contributed by atoms with Crippen LogP contribution in [0.5, 0.6) is 0 Å². The van der Waals surface area contributed by atoms with Gasteiger partial charge in [0.2, 0.25) is 0 Å². The first kappa shape index (κ1) is 38.8. The van der Waals surface area contributed by atoms with Gasteiger partial charge < -0.3 is 9.88 Å². The minimum absolute atomic E-state index is 0.0426. The van der Waals surface area contributed by atoms with Gasteiger partial charge in [0.05, 0.1) is 22.1 Å². The average Bonchev–Trinajstić information content (AvgIpc) is 3.97. The van der Waals surface area contributed by atoms with Crippen LogP contribution in [0.1, 0.15) is 52.8 Å². The Morgan fingerprint density at radius 1 is 0.412 bits per heavy atom. The van der Waals surface area contributed by atoms with Crippen LogP contribution in [0.25, 0.3) is 73.1 Å². The normalized spacial score (nSPS) is 16.7. The van der Waals surface area contributed by atoms with Gasteiger partial charge in [-0.3, -0.25) is 0 Å². The minimum Gasteiger partial charge on any atom is -0.361 e. The van der Waals surface area contributed by atoms with Gasteiger partial charge in [0.25, 0.3) is 0 Å². The van der Waals surface area contributed by atoms with Gasteiger partial charge in [-0.05, 0) is 130 Å². The number of nitrogens with zero attached hydrogens (tertiary/aromatic N) is 1. The van der Waals surface area contributed by atoms with Crippen LogP contribution in [0.2, 0.25) is 0 Å². The molecule has 1 aliphatic heterocycles. The first-order valence-corrected chi connectivity index (χ1v) is 23.8. The van der Waals surface area contributed by atoms with Crippen molar-refractivity contribution in [3.8, 4) is 39.1 Å². The number of hydrogen-bond donors (Lipinski definition) is 1. The number of hydrogen-bond acceptors (Lipinski definition) is 1. The van der Waals surface area contributed by atoms with Crippen molar-refractivity contribution in [3.63, 3.8) is 0 Å². The van der Waals surface area contributed by atoms with Gasteiger partial charge in [-0.1, -0.05) is 208 Å². The van der Waals surface area contributed by atoms with E-state index in [1.165, 1.54) is 115 Å². The summed E-state index contributed by atoms with van der Waals surface area (Å²) in [7, 11) is 0. The molecule has 68 heavy (non-hydrogen) atoms. The van der Waals surface area contributed by atoms with Crippen molar-refractivity contribution in [2.45, 2.75) is 24.7 Å². The summed E-state index contributed by atoms with van der Waals surface area (Å²) in [5.41, 5.74) is 21.3. The Labute approximate surface area is 395 Å². The largest absolute Gasteiger partial charge is 0.361 e. The highest BCUT2D eigenvalue weighted by atomic mass is 15.0.